The van der Waals surface area contributed by atoms with E-state index < -0.39 is 0 Å². The molecular formula is C15H23LiO3P. The van der Waals surface area contributed by atoms with Crippen LogP contribution in [0.4, 0.5) is 0 Å². The van der Waals surface area contributed by atoms with Crippen LogP contribution in [0.1, 0.15) is 41.8 Å². The number of carbonyl (C=O) groups is 1. The predicted molar refractivity (Wildman–Crippen MR) is 87.2 cm³/mol. The molecule has 5 heteroatoms. The van der Waals surface area contributed by atoms with E-state index in [4.69, 9.17) is 9.47 Å². The number of methoxy groups -OCH3 is 2. The largest absolute Gasteiger partial charge is 0.496 e. The molecule has 0 amide bonds. The number of ether oxygens (including phenoxy) is 2. The Balaban J connectivity index is 0.00000361. The van der Waals surface area contributed by atoms with Gasteiger partial charge in [0.25, 0.3) is 0 Å². The van der Waals surface area contributed by atoms with Crippen molar-refractivity contribution in [2.24, 2.45) is 0 Å². The number of rotatable bonds is 6. The molecule has 1 radical (unpaired) electrons. The van der Waals surface area contributed by atoms with E-state index in [1.165, 1.54) is 0 Å². The molecule has 0 aromatic heterocycles. The van der Waals surface area contributed by atoms with Gasteiger partial charge in [-0.05, 0) is 51.7 Å². The molecule has 2 atom stereocenters. The molecule has 2 unspecified atom stereocenters. The first-order chi connectivity index (χ1) is 8.96. The summed E-state index contributed by atoms with van der Waals surface area (Å²) in [4.78, 5) is 12.5. The van der Waals surface area contributed by atoms with Gasteiger partial charge in [-0.25, -0.2) is 0 Å². The average Bonchev–Trinajstić information content (AvgIpc) is 2.37. The number of hydrogen-bond donors (Lipinski definition) is 0. The maximum atomic E-state index is 12.5. The Morgan fingerprint density at radius 2 is 1.65 bits per heavy atom. The van der Waals surface area contributed by atoms with E-state index in [9.17, 15) is 4.79 Å². The predicted octanol–water partition coefficient (Wildman–Crippen LogP) is 3.56. The van der Waals surface area contributed by atoms with Gasteiger partial charge in [-0.15, -0.1) is 0 Å². The van der Waals surface area contributed by atoms with Crippen molar-refractivity contribution in [1.82, 2.24) is 0 Å². The summed E-state index contributed by atoms with van der Waals surface area (Å²) in [6, 6.07) is 1.99. The Hall–Kier alpha value is -0.483. The summed E-state index contributed by atoms with van der Waals surface area (Å²) in [7, 11) is 3.44. The number of carbonyl (C=O) groups excluding carboxylic acids is 1. The molecule has 1 aromatic rings. The van der Waals surface area contributed by atoms with Crippen molar-refractivity contribution < 1.29 is 14.3 Å². The number of hydrogen-bond acceptors (Lipinski definition) is 3. The third-order valence-electron chi connectivity index (χ3n) is 3.23. The minimum absolute atomic E-state index is 0. The van der Waals surface area contributed by atoms with E-state index in [2.05, 4.69) is 13.8 Å². The van der Waals surface area contributed by atoms with Crippen molar-refractivity contribution in [2.75, 3.05) is 14.2 Å². The molecule has 1 aromatic carbocycles. The second-order valence-corrected chi connectivity index (χ2v) is 6.46. The average molecular weight is 289 g/mol. The quantitative estimate of drug-likeness (QED) is 0.593. The van der Waals surface area contributed by atoms with Gasteiger partial charge in [-0.2, -0.15) is 0 Å². The van der Waals surface area contributed by atoms with Gasteiger partial charge >= 0.3 is 0 Å². The molecule has 0 fully saturated rings. The summed E-state index contributed by atoms with van der Waals surface area (Å²) in [5, 5.41) is 0. The monoisotopic (exact) mass is 289 g/mol. The Kier molecular flexibility index (Phi) is 8.52. The zero-order valence-corrected chi connectivity index (χ0v) is 14.6. The smallest absolute Gasteiger partial charge is 0.188 e. The molecule has 1 rings (SSSR count). The third kappa shape index (κ3) is 4.25. The maximum absolute atomic E-state index is 12.5. The van der Waals surface area contributed by atoms with E-state index in [1.807, 2.05) is 19.9 Å². The zero-order valence-electron chi connectivity index (χ0n) is 13.6. The van der Waals surface area contributed by atoms with Gasteiger partial charge in [0.1, 0.15) is 17.1 Å². The summed E-state index contributed by atoms with van der Waals surface area (Å²) in [6.45, 7) is 8.10. The zero-order chi connectivity index (χ0) is 14.6. The van der Waals surface area contributed by atoms with Gasteiger partial charge in [0.15, 0.2) is 5.52 Å². The molecule has 0 saturated carbocycles. The molecule has 0 aliphatic carbocycles. The van der Waals surface area contributed by atoms with Gasteiger partial charge in [-0.3, -0.25) is 4.79 Å². The van der Waals surface area contributed by atoms with Crippen molar-refractivity contribution in [3.05, 3.63) is 22.8 Å². The maximum Gasteiger partial charge on any atom is 0.188 e. The minimum Gasteiger partial charge on any atom is -0.496 e. The van der Waals surface area contributed by atoms with Crippen molar-refractivity contribution in [3.63, 3.8) is 0 Å². The molecule has 0 aliphatic rings. The van der Waals surface area contributed by atoms with Crippen LogP contribution < -0.4 is 9.47 Å². The Morgan fingerprint density at radius 1 is 1.20 bits per heavy atom. The van der Waals surface area contributed by atoms with Crippen molar-refractivity contribution in [3.8, 4) is 11.5 Å². The summed E-state index contributed by atoms with van der Waals surface area (Å²) in [5.74, 6) is 1.28. The van der Waals surface area contributed by atoms with E-state index in [0.29, 0.717) is 22.7 Å². The molecular weight excluding hydrogens is 266 g/mol. The molecule has 0 aliphatic heterocycles. The van der Waals surface area contributed by atoms with E-state index in [1.54, 1.807) is 14.2 Å². The summed E-state index contributed by atoms with van der Waals surface area (Å²) in [5.41, 5.74) is 3.05. The Labute approximate surface area is 135 Å². The Bertz CT molecular complexity index is 446. The number of benzene rings is 1. The first-order valence-electron chi connectivity index (χ1n) is 6.49. The second-order valence-electron chi connectivity index (χ2n) is 4.73. The van der Waals surface area contributed by atoms with Crippen LogP contribution in [0.2, 0.25) is 0 Å². The van der Waals surface area contributed by atoms with Crippen molar-refractivity contribution >= 4 is 33.0 Å². The normalized spacial score (nSPS) is 12.1. The van der Waals surface area contributed by atoms with Crippen molar-refractivity contribution in [1.29, 1.82) is 0 Å². The number of aryl methyl sites for hydroxylation is 2. The fourth-order valence-corrected chi connectivity index (χ4v) is 3.11. The second kappa shape index (κ2) is 8.73. The first-order valence-corrected chi connectivity index (χ1v) is 7.56. The van der Waals surface area contributed by atoms with Crippen LogP contribution in [0.25, 0.3) is 0 Å². The standard InChI is InChI=1S/C15H23O3P.Li/c1-7-11(4)19-15(16)12-13(17-5)9(2)8-10(3)14(12)18-6;/h8,11,19H,7H2,1-6H3;. The van der Waals surface area contributed by atoms with Gasteiger partial charge in [-0.1, -0.05) is 13.8 Å². The van der Waals surface area contributed by atoms with Crippen LogP contribution in [0.5, 0.6) is 11.5 Å². The summed E-state index contributed by atoms with van der Waals surface area (Å²) < 4.78 is 10.8. The molecule has 107 valence electrons. The van der Waals surface area contributed by atoms with Gasteiger partial charge in [0.05, 0.1) is 14.2 Å². The SMILES string of the molecule is CCC(C)PC(=O)c1c(OC)c(C)cc(C)c1OC.[Li]. The van der Waals surface area contributed by atoms with Crippen LogP contribution in [-0.2, 0) is 0 Å². The topological polar surface area (TPSA) is 35.5 Å². The van der Waals surface area contributed by atoms with Crippen molar-refractivity contribution in [2.45, 2.75) is 39.8 Å². The molecule has 0 N–H and O–H groups in total. The minimum atomic E-state index is 0. The van der Waals surface area contributed by atoms with Crippen LogP contribution in [-0.4, -0.2) is 44.3 Å². The summed E-state index contributed by atoms with van der Waals surface area (Å²) in [6.07, 6.45) is 1.000. The molecule has 0 heterocycles. The van der Waals surface area contributed by atoms with Gasteiger partial charge in [0, 0.05) is 18.9 Å². The van der Waals surface area contributed by atoms with Crippen LogP contribution in [0, 0.1) is 13.8 Å². The van der Waals surface area contributed by atoms with E-state index >= 15 is 0 Å². The summed E-state index contributed by atoms with van der Waals surface area (Å²) >= 11 is 0. The van der Waals surface area contributed by atoms with E-state index in [-0.39, 0.29) is 33.0 Å². The molecule has 0 saturated heterocycles. The van der Waals surface area contributed by atoms with Gasteiger partial charge < -0.3 is 9.47 Å². The van der Waals surface area contributed by atoms with Crippen LogP contribution in [0.15, 0.2) is 6.07 Å². The molecule has 20 heavy (non-hydrogen) atoms. The Morgan fingerprint density at radius 3 is 2.00 bits per heavy atom. The fraction of sp³-hybridized carbons (Fsp3) is 0.533. The molecule has 3 nitrogen and oxygen atoms in total. The van der Waals surface area contributed by atoms with Gasteiger partial charge in [0.2, 0.25) is 0 Å². The molecule has 0 bridgehead atoms. The van der Waals surface area contributed by atoms with Crippen LogP contribution in [0.3, 0.4) is 0 Å². The fourth-order valence-electron chi connectivity index (χ4n) is 2.08. The van der Waals surface area contributed by atoms with Crippen LogP contribution >= 0.6 is 8.58 Å². The molecule has 0 spiro atoms. The van der Waals surface area contributed by atoms with E-state index in [0.717, 1.165) is 17.5 Å². The third-order valence-corrected chi connectivity index (χ3v) is 4.64. The first kappa shape index (κ1) is 19.5.